The molecule has 1 aromatic heterocycles. The summed E-state index contributed by atoms with van der Waals surface area (Å²) in [6, 6.07) is 5.65. The van der Waals surface area contributed by atoms with Gasteiger partial charge in [0.1, 0.15) is 0 Å². The molecule has 25 heavy (non-hydrogen) atoms. The number of benzene rings is 1. The van der Waals surface area contributed by atoms with Gasteiger partial charge in [-0.1, -0.05) is 0 Å². The quantitative estimate of drug-likeness (QED) is 0.693. The summed E-state index contributed by atoms with van der Waals surface area (Å²) < 4.78 is 11.6. The molecule has 0 aliphatic rings. The molecule has 1 unspecified atom stereocenters. The number of halogens is 1. The average molecular weight is 427 g/mol. The van der Waals surface area contributed by atoms with Crippen LogP contribution in [0.4, 0.5) is 0 Å². The number of nitrogens with one attached hydrogen (secondary N) is 1. The Labute approximate surface area is 161 Å². The second kappa shape index (κ2) is 9.22. The molecule has 0 radical (unpaired) electrons. The van der Waals surface area contributed by atoms with Crippen LogP contribution in [0.1, 0.15) is 28.9 Å². The molecule has 1 N–H and O–H groups in total. The second-order valence-corrected chi connectivity index (χ2v) is 7.30. The van der Waals surface area contributed by atoms with Crippen LogP contribution in [0.15, 0.2) is 33.4 Å². The molecule has 5 nitrogen and oxygen atoms in total. The minimum absolute atomic E-state index is 0.128. The van der Waals surface area contributed by atoms with Gasteiger partial charge in [-0.3, -0.25) is 4.79 Å². The molecule has 1 atom stereocenters. The maximum Gasteiger partial charge on any atom is 0.251 e. The second-order valence-electron chi connectivity index (χ2n) is 5.67. The Morgan fingerprint density at radius 2 is 2.16 bits per heavy atom. The van der Waals surface area contributed by atoms with Crippen molar-refractivity contribution < 1.29 is 14.3 Å². The lowest BCUT2D eigenvalue weighted by molar-refractivity contribution is 0.0941. The number of amides is 1. The normalized spacial score (nSPS) is 12.1. The van der Waals surface area contributed by atoms with E-state index in [1.807, 2.05) is 26.4 Å². The molecule has 136 valence electrons. The molecule has 0 bridgehead atoms. The summed E-state index contributed by atoms with van der Waals surface area (Å²) in [6.07, 6.45) is 0. The highest BCUT2D eigenvalue weighted by Crippen LogP contribution is 2.36. The largest absolute Gasteiger partial charge is 0.493 e. The Kier molecular flexibility index (Phi) is 7.28. The lowest BCUT2D eigenvalue weighted by atomic mass is 10.1. The van der Waals surface area contributed by atoms with Crippen molar-refractivity contribution in [2.45, 2.75) is 13.0 Å². The van der Waals surface area contributed by atoms with Crippen molar-refractivity contribution in [3.05, 3.63) is 44.6 Å². The maximum absolute atomic E-state index is 12.6. The average Bonchev–Trinajstić information content (AvgIpc) is 3.10. The van der Waals surface area contributed by atoms with Crippen molar-refractivity contribution in [3.8, 4) is 11.5 Å². The first kappa shape index (κ1) is 19.8. The van der Waals surface area contributed by atoms with Gasteiger partial charge in [0.05, 0.1) is 24.2 Å². The molecule has 0 spiro atoms. The highest BCUT2D eigenvalue weighted by atomic mass is 79.9. The Bertz CT molecular complexity index is 705. The minimum Gasteiger partial charge on any atom is -0.493 e. The number of carbonyl (C=O) groups is 1. The summed E-state index contributed by atoms with van der Waals surface area (Å²) in [4.78, 5) is 14.7. The Morgan fingerprint density at radius 1 is 1.40 bits per heavy atom. The third-order valence-electron chi connectivity index (χ3n) is 3.79. The van der Waals surface area contributed by atoms with Gasteiger partial charge in [-0.25, -0.2) is 0 Å². The van der Waals surface area contributed by atoms with Gasteiger partial charge < -0.3 is 19.7 Å². The van der Waals surface area contributed by atoms with E-state index < -0.39 is 0 Å². The zero-order valence-electron chi connectivity index (χ0n) is 14.8. The number of carbonyl (C=O) groups excluding carboxylic acids is 1. The van der Waals surface area contributed by atoms with Crippen molar-refractivity contribution in [2.75, 3.05) is 34.4 Å². The summed E-state index contributed by atoms with van der Waals surface area (Å²) in [5, 5.41) is 7.15. The molecule has 0 aliphatic heterocycles. The van der Waals surface area contributed by atoms with E-state index in [9.17, 15) is 4.79 Å². The first-order valence-corrected chi connectivity index (χ1v) is 9.68. The van der Waals surface area contributed by atoms with Gasteiger partial charge in [0, 0.05) is 12.1 Å². The summed E-state index contributed by atoms with van der Waals surface area (Å²) >= 11 is 5.10. The number of nitrogens with zero attached hydrogens (tertiary/aromatic N) is 1. The van der Waals surface area contributed by atoms with E-state index in [0.29, 0.717) is 34.7 Å². The lowest BCUT2D eigenvalue weighted by Crippen LogP contribution is -2.34. The summed E-state index contributed by atoms with van der Waals surface area (Å²) in [7, 11) is 5.57. The van der Waals surface area contributed by atoms with Crippen molar-refractivity contribution in [2.24, 2.45) is 0 Å². The van der Waals surface area contributed by atoms with Gasteiger partial charge in [-0.05, 0) is 71.5 Å². The van der Waals surface area contributed by atoms with Crippen LogP contribution < -0.4 is 14.8 Å². The van der Waals surface area contributed by atoms with E-state index in [2.05, 4.69) is 37.6 Å². The van der Waals surface area contributed by atoms with E-state index >= 15 is 0 Å². The van der Waals surface area contributed by atoms with Crippen molar-refractivity contribution >= 4 is 33.2 Å². The predicted molar refractivity (Wildman–Crippen MR) is 105 cm³/mol. The molecule has 2 aromatic rings. The highest BCUT2D eigenvalue weighted by Gasteiger charge is 2.18. The predicted octanol–water partition coefficient (Wildman–Crippen LogP) is 3.95. The summed E-state index contributed by atoms with van der Waals surface area (Å²) in [5.41, 5.74) is 1.72. The molecule has 7 heteroatoms. The van der Waals surface area contributed by atoms with Crippen LogP contribution in [-0.4, -0.2) is 45.2 Å². The fourth-order valence-electron chi connectivity index (χ4n) is 2.49. The molecule has 1 aromatic carbocycles. The Hall–Kier alpha value is -1.57. The fraction of sp³-hybridized carbons (Fsp3) is 0.389. The van der Waals surface area contributed by atoms with Gasteiger partial charge >= 0.3 is 0 Å². The van der Waals surface area contributed by atoms with Gasteiger partial charge in [0.15, 0.2) is 11.5 Å². The van der Waals surface area contributed by atoms with Gasteiger partial charge in [0.2, 0.25) is 0 Å². The molecular weight excluding hydrogens is 404 g/mol. The molecule has 0 aliphatic carbocycles. The van der Waals surface area contributed by atoms with Crippen LogP contribution in [-0.2, 0) is 0 Å². The van der Waals surface area contributed by atoms with Crippen LogP contribution in [0.3, 0.4) is 0 Å². The van der Waals surface area contributed by atoms with E-state index in [0.717, 1.165) is 0 Å². The monoisotopic (exact) mass is 426 g/mol. The van der Waals surface area contributed by atoms with E-state index in [1.165, 1.54) is 5.56 Å². The highest BCUT2D eigenvalue weighted by molar-refractivity contribution is 9.10. The number of thiophene rings is 1. The Balaban J connectivity index is 2.13. The molecule has 0 fully saturated rings. The number of methoxy groups -OCH3 is 1. The van der Waals surface area contributed by atoms with Gasteiger partial charge in [-0.15, -0.1) is 0 Å². The fourth-order valence-corrected chi connectivity index (χ4v) is 3.75. The molecule has 1 amide bonds. The van der Waals surface area contributed by atoms with E-state index in [-0.39, 0.29) is 11.9 Å². The van der Waals surface area contributed by atoms with Gasteiger partial charge in [0.25, 0.3) is 5.91 Å². The number of hydrogen-bond acceptors (Lipinski definition) is 5. The minimum atomic E-state index is -0.149. The smallest absolute Gasteiger partial charge is 0.251 e. The Morgan fingerprint density at radius 3 is 2.72 bits per heavy atom. The van der Waals surface area contributed by atoms with Crippen LogP contribution in [0.5, 0.6) is 11.5 Å². The first-order valence-electron chi connectivity index (χ1n) is 7.95. The van der Waals surface area contributed by atoms with Crippen LogP contribution >= 0.6 is 27.3 Å². The molecule has 1 heterocycles. The van der Waals surface area contributed by atoms with Crippen molar-refractivity contribution in [1.82, 2.24) is 10.2 Å². The molecule has 0 saturated carbocycles. The zero-order valence-corrected chi connectivity index (χ0v) is 17.2. The number of ether oxygens (including phenoxy) is 2. The van der Waals surface area contributed by atoms with E-state index in [4.69, 9.17) is 9.47 Å². The van der Waals surface area contributed by atoms with Crippen molar-refractivity contribution in [1.29, 1.82) is 0 Å². The third kappa shape index (κ3) is 4.96. The van der Waals surface area contributed by atoms with Crippen molar-refractivity contribution in [3.63, 3.8) is 0 Å². The molecule has 2 rings (SSSR count). The number of hydrogen-bond donors (Lipinski definition) is 1. The first-order chi connectivity index (χ1) is 12.0. The maximum atomic E-state index is 12.6. The van der Waals surface area contributed by atoms with Crippen LogP contribution in [0, 0.1) is 0 Å². The topological polar surface area (TPSA) is 50.8 Å². The third-order valence-corrected chi connectivity index (χ3v) is 5.08. The molecule has 0 saturated heterocycles. The van der Waals surface area contributed by atoms with E-state index in [1.54, 1.807) is 30.6 Å². The zero-order chi connectivity index (χ0) is 18.4. The van der Waals surface area contributed by atoms with Crippen LogP contribution in [0.25, 0.3) is 0 Å². The molecular formula is C18H23BrN2O3S. The number of rotatable bonds is 8. The van der Waals surface area contributed by atoms with Gasteiger partial charge in [-0.2, -0.15) is 11.3 Å². The summed E-state index contributed by atoms with van der Waals surface area (Å²) in [5.74, 6) is 0.985. The lowest BCUT2D eigenvalue weighted by Gasteiger charge is -2.24. The van der Waals surface area contributed by atoms with Crippen LogP contribution in [0.2, 0.25) is 0 Å². The number of likely N-dealkylation sites (N-methyl/N-ethyl adjacent to an activating group) is 1. The summed E-state index contributed by atoms with van der Waals surface area (Å²) in [6.45, 7) is 2.94. The standard InChI is InChI=1S/C18H23BrN2O3S/c1-5-24-17-14(19)8-13(9-16(17)23-4)18(22)20-10-15(21(2)3)12-6-7-25-11-12/h6-9,11,15H,5,10H2,1-4H3,(H,20,22). The SMILES string of the molecule is CCOc1c(Br)cc(C(=O)NCC(c2ccsc2)N(C)C)cc1OC.